The van der Waals surface area contributed by atoms with E-state index in [2.05, 4.69) is 19.7 Å². The third-order valence-electron chi connectivity index (χ3n) is 1.83. The first-order chi connectivity index (χ1) is 7.08. The van der Waals surface area contributed by atoms with E-state index in [-0.39, 0.29) is 5.91 Å². The second-order valence-corrected chi connectivity index (χ2v) is 2.92. The summed E-state index contributed by atoms with van der Waals surface area (Å²) in [5.41, 5.74) is 1.14. The Morgan fingerprint density at radius 1 is 1.33 bits per heavy atom. The maximum Gasteiger partial charge on any atom is 0.257 e. The summed E-state index contributed by atoms with van der Waals surface area (Å²) in [6, 6.07) is 0. The summed E-state index contributed by atoms with van der Waals surface area (Å²) in [6.45, 7) is 12.7. The molecule has 2 nitrogen and oxygen atoms in total. The van der Waals surface area contributed by atoms with Crippen LogP contribution in [0.15, 0.2) is 61.4 Å². The summed E-state index contributed by atoms with van der Waals surface area (Å²) in [4.78, 5) is 13.2. The Labute approximate surface area is 91.6 Å². The number of nitrogens with zero attached hydrogens (tertiary/aromatic N) is 1. The van der Waals surface area contributed by atoms with Gasteiger partial charge < -0.3 is 4.90 Å². The summed E-state index contributed by atoms with van der Waals surface area (Å²) in [5, 5.41) is 0. The molecular formula is C13H17NO. The highest BCUT2D eigenvalue weighted by atomic mass is 16.2. The van der Waals surface area contributed by atoms with Gasteiger partial charge in [-0.15, -0.1) is 0 Å². The third kappa shape index (κ3) is 3.81. The number of allylic oxidation sites excluding steroid dienone is 4. The van der Waals surface area contributed by atoms with Crippen LogP contribution in [0.4, 0.5) is 0 Å². The lowest BCUT2D eigenvalue weighted by molar-refractivity contribution is -0.123. The van der Waals surface area contributed by atoms with Crippen LogP contribution in [0, 0.1) is 0 Å². The zero-order valence-corrected chi connectivity index (χ0v) is 9.36. The lowest BCUT2D eigenvalue weighted by Gasteiger charge is -2.17. The predicted octanol–water partition coefficient (Wildman–Crippen LogP) is 2.83. The van der Waals surface area contributed by atoms with Crippen molar-refractivity contribution in [2.24, 2.45) is 0 Å². The molecule has 0 aromatic rings. The van der Waals surface area contributed by atoms with Crippen LogP contribution < -0.4 is 0 Å². The van der Waals surface area contributed by atoms with E-state index in [1.807, 2.05) is 6.92 Å². The third-order valence-corrected chi connectivity index (χ3v) is 1.83. The molecule has 0 fully saturated rings. The van der Waals surface area contributed by atoms with Crippen molar-refractivity contribution in [1.29, 1.82) is 0 Å². The number of hydrogen-bond acceptors (Lipinski definition) is 1. The van der Waals surface area contributed by atoms with Crippen LogP contribution in [-0.2, 0) is 4.79 Å². The molecule has 0 rings (SSSR count). The highest BCUT2D eigenvalue weighted by Gasteiger charge is 2.11. The predicted molar refractivity (Wildman–Crippen MR) is 65.2 cm³/mol. The minimum atomic E-state index is -0.152. The molecule has 0 unspecified atom stereocenters. The van der Waals surface area contributed by atoms with E-state index in [9.17, 15) is 4.79 Å². The van der Waals surface area contributed by atoms with Crippen LogP contribution in [0.25, 0.3) is 0 Å². The Kier molecular flexibility index (Phi) is 5.79. The first-order valence-corrected chi connectivity index (χ1v) is 4.63. The van der Waals surface area contributed by atoms with Crippen molar-refractivity contribution < 1.29 is 4.79 Å². The maximum absolute atomic E-state index is 11.8. The monoisotopic (exact) mass is 203 g/mol. The molecule has 0 saturated heterocycles. The molecule has 2 heteroatoms. The van der Waals surface area contributed by atoms with Crippen LogP contribution in [0.1, 0.15) is 6.92 Å². The molecule has 0 aliphatic heterocycles. The van der Waals surface area contributed by atoms with Gasteiger partial charge in [-0.2, -0.15) is 0 Å². The van der Waals surface area contributed by atoms with Gasteiger partial charge in [0.1, 0.15) is 0 Å². The first kappa shape index (κ1) is 13.2. The average Bonchev–Trinajstić information content (AvgIpc) is 2.24. The molecule has 0 N–H and O–H groups in total. The minimum absolute atomic E-state index is 0.152. The van der Waals surface area contributed by atoms with Gasteiger partial charge in [0.05, 0.1) is 0 Å². The molecule has 0 radical (unpaired) electrons. The Morgan fingerprint density at radius 3 is 2.33 bits per heavy atom. The van der Waals surface area contributed by atoms with Gasteiger partial charge >= 0.3 is 0 Å². The van der Waals surface area contributed by atoms with Crippen molar-refractivity contribution in [3.63, 3.8) is 0 Å². The van der Waals surface area contributed by atoms with Gasteiger partial charge in [0, 0.05) is 18.3 Å². The fraction of sp³-hybridized carbons (Fsp3) is 0.154. The van der Waals surface area contributed by atoms with E-state index in [4.69, 9.17) is 0 Å². The maximum atomic E-state index is 11.8. The van der Waals surface area contributed by atoms with Crippen LogP contribution in [0.2, 0.25) is 0 Å². The zero-order chi connectivity index (χ0) is 11.8. The Hall–Kier alpha value is -1.83. The summed E-state index contributed by atoms with van der Waals surface area (Å²) >= 11 is 0. The molecule has 0 atom stereocenters. The summed E-state index contributed by atoms with van der Waals surface area (Å²) in [5.74, 6) is -0.152. The van der Waals surface area contributed by atoms with Crippen molar-refractivity contribution in [3.05, 3.63) is 61.4 Å². The molecule has 0 saturated carbocycles. The van der Waals surface area contributed by atoms with E-state index in [0.29, 0.717) is 11.3 Å². The summed E-state index contributed by atoms with van der Waals surface area (Å²) in [6.07, 6.45) is 8.38. The van der Waals surface area contributed by atoms with E-state index in [0.717, 1.165) is 0 Å². The number of carbonyl (C=O) groups is 1. The Bertz CT molecular complexity index is 334. The average molecular weight is 203 g/mol. The number of hydrogen-bond donors (Lipinski definition) is 0. The zero-order valence-electron chi connectivity index (χ0n) is 9.36. The fourth-order valence-electron chi connectivity index (χ4n) is 1.04. The van der Waals surface area contributed by atoms with Gasteiger partial charge in [-0.05, 0) is 19.1 Å². The van der Waals surface area contributed by atoms with Crippen molar-refractivity contribution in [2.75, 3.05) is 7.05 Å². The highest BCUT2D eigenvalue weighted by molar-refractivity contribution is 5.96. The molecular weight excluding hydrogens is 186 g/mol. The molecule has 0 aromatic carbocycles. The molecule has 0 aromatic heterocycles. The fourth-order valence-corrected chi connectivity index (χ4v) is 1.04. The quantitative estimate of drug-likeness (QED) is 0.497. The number of likely N-dealkylation sites (N-methyl/N-ethyl adjacent to an activating group) is 1. The van der Waals surface area contributed by atoms with Gasteiger partial charge in [0.25, 0.3) is 5.91 Å². The van der Waals surface area contributed by atoms with Crippen LogP contribution >= 0.6 is 0 Å². The van der Waals surface area contributed by atoms with Gasteiger partial charge in [0.2, 0.25) is 0 Å². The second kappa shape index (κ2) is 6.60. The first-order valence-electron chi connectivity index (χ1n) is 4.63. The molecule has 1 amide bonds. The van der Waals surface area contributed by atoms with Crippen LogP contribution in [0.3, 0.4) is 0 Å². The minimum Gasteiger partial charge on any atom is -0.311 e. The number of rotatable bonds is 5. The standard InChI is InChI=1S/C13H17NO/c1-6-9-11(4)13(15)14(5)12(8-3)10-7-2/h6-10H,2-4H2,1,5H3/b9-6-,12-10+. The summed E-state index contributed by atoms with van der Waals surface area (Å²) in [7, 11) is 1.67. The van der Waals surface area contributed by atoms with Gasteiger partial charge in [-0.3, -0.25) is 4.79 Å². The topological polar surface area (TPSA) is 20.3 Å². The SMILES string of the molecule is C=C/C=C(\C=C)N(C)C(=O)C(=C)/C=C\C. The van der Waals surface area contributed by atoms with Crippen molar-refractivity contribution in [1.82, 2.24) is 4.90 Å². The molecule has 0 spiro atoms. The van der Waals surface area contributed by atoms with E-state index in [1.165, 1.54) is 4.90 Å². The van der Waals surface area contributed by atoms with Gasteiger partial charge in [-0.25, -0.2) is 0 Å². The number of amides is 1. The lowest BCUT2D eigenvalue weighted by Crippen LogP contribution is -2.25. The van der Waals surface area contributed by atoms with Gasteiger partial charge in [-0.1, -0.05) is 38.0 Å². The van der Waals surface area contributed by atoms with E-state index >= 15 is 0 Å². The smallest absolute Gasteiger partial charge is 0.257 e. The second-order valence-electron chi connectivity index (χ2n) is 2.92. The molecule has 15 heavy (non-hydrogen) atoms. The largest absolute Gasteiger partial charge is 0.311 e. The highest BCUT2D eigenvalue weighted by Crippen LogP contribution is 2.08. The summed E-state index contributed by atoms with van der Waals surface area (Å²) < 4.78 is 0. The van der Waals surface area contributed by atoms with Crippen molar-refractivity contribution in [3.8, 4) is 0 Å². The molecule has 0 aliphatic carbocycles. The Balaban J connectivity index is 4.84. The van der Waals surface area contributed by atoms with Gasteiger partial charge in [0.15, 0.2) is 0 Å². The molecule has 0 bridgehead atoms. The lowest BCUT2D eigenvalue weighted by atomic mass is 10.2. The van der Waals surface area contributed by atoms with E-state index in [1.54, 1.807) is 37.4 Å². The van der Waals surface area contributed by atoms with Crippen LogP contribution in [0.5, 0.6) is 0 Å². The normalized spacial score (nSPS) is 11.2. The van der Waals surface area contributed by atoms with E-state index < -0.39 is 0 Å². The van der Waals surface area contributed by atoms with Crippen LogP contribution in [-0.4, -0.2) is 17.9 Å². The van der Waals surface area contributed by atoms with Crippen molar-refractivity contribution >= 4 is 5.91 Å². The number of carbonyl (C=O) groups excluding carboxylic acids is 1. The molecule has 0 heterocycles. The molecule has 0 aliphatic rings. The molecule has 80 valence electrons. The van der Waals surface area contributed by atoms with Crippen molar-refractivity contribution in [2.45, 2.75) is 6.92 Å². The Morgan fingerprint density at radius 2 is 1.93 bits per heavy atom.